The molecule has 3 aromatic rings. The second-order valence-electron chi connectivity index (χ2n) is 16.7. The molecule has 3 aromatic carbocycles. The lowest BCUT2D eigenvalue weighted by atomic mass is 9.94. The third-order valence-corrected chi connectivity index (χ3v) is 11.9. The van der Waals surface area contributed by atoms with Gasteiger partial charge >= 0.3 is 6.09 Å². The van der Waals surface area contributed by atoms with Crippen LogP contribution in [0.4, 0.5) is 20.6 Å². The highest BCUT2D eigenvalue weighted by Gasteiger charge is 2.58. The molecule has 3 aliphatic heterocycles. The summed E-state index contributed by atoms with van der Waals surface area (Å²) < 4.78 is 36.1. The number of imide groups is 3. The topological polar surface area (TPSA) is 248 Å². The van der Waals surface area contributed by atoms with Crippen LogP contribution in [0.2, 0.25) is 0 Å². The zero-order valence-electron chi connectivity index (χ0n) is 37.6. The molecule has 1 unspecified atom stereocenters. The predicted octanol–water partition coefficient (Wildman–Crippen LogP) is 2.39. The molecule has 21 heteroatoms. The van der Waals surface area contributed by atoms with Gasteiger partial charge in [0.1, 0.15) is 18.4 Å². The number of halogens is 1. The van der Waals surface area contributed by atoms with Crippen LogP contribution in [0, 0.1) is 5.82 Å². The van der Waals surface area contributed by atoms with Gasteiger partial charge in [0.15, 0.2) is 0 Å². The van der Waals surface area contributed by atoms with E-state index in [0.29, 0.717) is 42.1 Å². The highest BCUT2D eigenvalue weighted by atomic mass is 19.1. The van der Waals surface area contributed by atoms with Gasteiger partial charge in [-0.2, -0.15) is 0 Å². The van der Waals surface area contributed by atoms with Gasteiger partial charge in [0.05, 0.1) is 50.8 Å². The summed E-state index contributed by atoms with van der Waals surface area (Å²) in [6, 6.07) is 13.6. The Balaban J connectivity index is 0.782. The second kappa shape index (κ2) is 21.7. The number of aryl methyl sites for hydroxylation is 1. The van der Waals surface area contributed by atoms with E-state index in [1.807, 2.05) is 0 Å². The maximum absolute atomic E-state index is 13.9. The molecular weight excluding hydrogens is 890 g/mol. The van der Waals surface area contributed by atoms with E-state index in [2.05, 4.69) is 21.3 Å². The average Bonchev–Trinajstić information content (AvgIpc) is 3.88. The van der Waals surface area contributed by atoms with E-state index in [4.69, 9.17) is 18.9 Å². The van der Waals surface area contributed by atoms with Crippen molar-refractivity contribution in [2.45, 2.75) is 70.2 Å². The van der Waals surface area contributed by atoms with Crippen molar-refractivity contribution < 1.29 is 66.5 Å². The van der Waals surface area contributed by atoms with Gasteiger partial charge in [-0.3, -0.25) is 48.6 Å². The number of rotatable bonds is 22. The molecule has 7 rings (SSSR count). The average molecular weight is 942 g/mol. The van der Waals surface area contributed by atoms with Crippen molar-refractivity contribution in [1.29, 1.82) is 0 Å². The summed E-state index contributed by atoms with van der Waals surface area (Å²) in [5, 5.41) is 10.8. The Bertz CT molecular complexity index is 2490. The van der Waals surface area contributed by atoms with Gasteiger partial charge in [-0.05, 0) is 73.4 Å². The number of nitrogens with one attached hydrogen (secondary N) is 4. The molecule has 9 amide bonds. The quantitative estimate of drug-likeness (QED) is 0.0835. The standard InChI is InChI=1S/C47H52FN7O13/c1-28(53(26-30-3-5-32(48)6-4-30)41(59)27-54-45(63)47(68-46(54)64)15-13-31-23-34(51-29(2)56)8-10-37(31)47)25-50-39(57)14-17-65-19-21-67-22-20-66-18-16-49-33-7-9-35-36(24-33)44(62)55(43(35)61)38-11-12-40(58)52-42(38)60/h3-10,23-24,28,38,49H,11-22,25-27H2,1-2H3,(H,50,57)(H,51,56)(H,52,58,60)/t28-,38?,47+/m0/s1. The number of carbonyl (C=O) groups excluding carboxylic acids is 9. The Morgan fingerprint density at radius 2 is 1.56 bits per heavy atom. The third-order valence-electron chi connectivity index (χ3n) is 11.9. The van der Waals surface area contributed by atoms with Crippen LogP contribution in [-0.2, 0) is 66.3 Å². The molecule has 4 aliphatic rings. The van der Waals surface area contributed by atoms with Gasteiger partial charge in [0.25, 0.3) is 17.7 Å². The highest BCUT2D eigenvalue weighted by molar-refractivity contribution is 6.23. The second-order valence-corrected chi connectivity index (χ2v) is 16.7. The fourth-order valence-electron chi connectivity index (χ4n) is 8.45. The van der Waals surface area contributed by atoms with Crippen molar-refractivity contribution in [1.82, 2.24) is 25.3 Å². The molecule has 0 saturated carbocycles. The molecule has 20 nitrogen and oxygen atoms in total. The largest absolute Gasteiger partial charge is 0.427 e. The number of piperidine rings is 1. The van der Waals surface area contributed by atoms with Crippen LogP contribution in [0.25, 0.3) is 0 Å². The van der Waals surface area contributed by atoms with Gasteiger partial charge in [-0.25, -0.2) is 14.1 Å². The Morgan fingerprint density at radius 3 is 2.28 bits per heavy atom. The van der Waals surface area contributed by atoms with Gasteiger partial charge < -0.3 is 39.8 Å². The smallest absolute Gasteiger partial charge is 0.418 e. The number of anilines is 2. The fourth-order valence-corrected chi connectivity index (χ4v) is 8.45. The van der Waals surface area contributed by atoms with E-state index >= 15 is 0 Å². The van der Waals surface area contributed by atoms with Crippen molar-refractivity contribution in [3.05, 3.63) is 94.3 Å². The monoisotopic (exact) mass is 941 g/mol. The molecule has 1 spiro atoms. The molecule has 2 saturated heterocycles. The maximum Gasteiger partial charge on any atom is 0.418 e. The Kier molecular flexibility index (Phi) is 15.6. The summed E-state index contributed by atoms with van der Waals surface area (Å²) in [6.45, 7) is 4.31. The summed E-state index contributed by atoms with van der Waals surface area (Å²) in [6.07, 6.45) is -0.256. The Morgan fingerprint density at radius 1 is 0.868 bits per heavy atom. The number of hydrogen-bond acceptors (Lipinski definition) is 14. The van der Waals surface area contributed by atoms with Crippen LogP contribution in [-0.4, -0.2) is 139 Å². The molecule has 0 radical (unpaired) electrons. The van der Waals surface area contributed by atoms with Crippen LogP contribution in [0.1, 0.15) is 76.9 Å². The minimum atomic E-state index is -1.59. The molecule has 360 valence electrons. The van der Waals surface area contributed by atoms with E-state index in [-0.39, 0.29) is 94.7 Å². The molecule has 0 aromatic heterocycles. The summed E-state index contributed by atoms with van der Waals surface area (Å²) in [5.41, 5.74) is 1.69. The number of ether oxygens (including phenoxy) is 4. The number of fused-ring (bicyclic) bond motifs is 3. The molecule has 68 heavy (non-hydrogen) atoms. The van der Waals surface area contributed by atoms with E-state index in [1.54, 1.807) is 37.3 Å². The molecule has 2 fully saturated rings. The summed E-state index contributed by atoms with van der Waals surface area (Å²) in [7, 11) is 0. The molecule has 0 bridgehead atoms. The lowest BCUT2D eigenvalue weighted by Gasteiger charge is -2.31. The van der Waals surface area contributed by atoms with E-state index < -0.39 is 71.6 Å². The molecule has 3 atom stereocenters. The van der Waals surface area contributed by atoms with Crippen molar-refractivity contribution in [3.63, 3.8) is 0 Å². The SMILES string of the molecule is CC(=O)Nc1ccc2c(c1)CC[C@@]21OC(=O)N(CC(=O)N(Cc2ccc(F)cc2)[C@@H](C)CNC(=O)CCOCCOCCOCCNc2ccc3c(c2)C(=O)N(C2CCC(=O)NC2=O)C3=O)C1=O. The first-order chi connectivity index (χ1) is 32.6. The first kappa shape index (κ1) is 48.8. The number of nitrogens with zero attached hydrogens (tertiary/aromatic N) is 3. The number of carbonyl (C=O) groups is 9. The Hall–Kier alpha value is -7.10. The molecular formula is C47H52FN7O13. The summed E-state index contributed by atoms with van der Waals surface area (Å²) in [4.78, 5) is 118. The van der Waals surface area contributed by atoms with Crippen LogP contribution >= 0.6 is 0 Å². The summed E-state index contributed by atoms with van der Waals surface area (Å²) in [5.74, 6) is -4.62. The van der Waals surface area contributed by atoms with Crippen LogP contribution in [0.5, 0.6) is 0 Å². The van der Waals surface area contributed by atoms with E-state index in [9.17, 15) is 47.5 Å². The van der Waals surface area contributed by atoms with Gasteiger partial charge in [0.2, 0.25) is 35.1 Å². The van der Waals surface area contributed by atoms with Gasteiger partial charge in [0, 0.05) is 68.8 Å². The van der Waals surface area contributed by atoms with Crippen molar-refractivity contribution in [2.24, 2.45) is 0 Å². The fraction of sp³-hybridized carbons (Fsp3) is 0.426. The van der Waals surface area contributed by atoms with Gasteiger partial charge in [-0.15, -0.1) is 0 Å². The van der Waals surface area contributed by atoms with Crippen molar-refractivity contribution in [3.8, 4) is 0 Å². The minimum Gasteiger partial charge on any atom is -0.427 e. The normalized spacial score (nSPS) is 18.9. The lowest BCUT2D eigenvalue weighted by Crippen LogP contribution is -2.54. The zero-order valence-corrected chi connectivity index (χ0v) is 37.6. The first-order valence-electron chi connectivity index (χ1n) is 22.2. The number of hydrogen-bond donors (Lipinski definition) is 4. The van der Waals surface area contributed by atoms with E-state index in [1.165, 1.54) is 42.2 Å². The minimum absolute atomic E-state index is 0.00335. The van der Waals surface area contributed by atoms with Crippen LogP contribution in [0.3, 0.4) is 0 Å². The maximum atomic E-state index is 13.9. The highest BCUT2D eigenvalue weighted by Crippen LogP contribution is 2.46. The zero-order chi connectivity index (χ0) is 48.5. The van der Waals surface area contributed by atoms with Crippen molar-refractivity contribution in [2.75, 3.05) is 69.9 Å². The Labute approximate surface area is 390 Å². The van der Waals surface area contributed by atoms with Crippen LogP contribution in [0.15, 0.2) is 60.7 Å². The first-order valence-corrected chi connectivity index (χ1v) is 22.2. The van der Waals surface area contributed by atoms with Crippen molar-refractivity contribution >= 4 is 64.7 Å². The summed E-state index contributed by atoms with van der Waals surface area (Å²) >= 11 is 0. The van der Waals surface area contributed by atoms with E-state index in [0.717, 1.165) is 15.4 Å². The molecule has 3 heterocycles. The molecule has 4 N–H and O–H groups in total. The number of benzene rings is 3. The molecule has 1 aliphatic carbocycles. The number of amides is 9. The lowest BCUT2D eigenvalue weighted by molar-refractivity contribution is -0.143. The predicted molar refractivity (Wildman–Crippen MR) is 237 cm³/mol. The van der Waals surface area contributed by atoms with Gasteiger partial charge in [-0.1, -0.05) is 18.2 Å². The third kappa shape index (κ3) is 11.2. The van der Waals surface area contributed by atoms with Crippen LogP contribution < -0.4 is 21.3 Å².